The summed E-state index contributed by atoms with van der Waals surface area (Å²) in [4.78, 5) is 17.7. The zero-order chi connectivity index (χ0) is 18.7. The molecule has 0 radical (unpaired) electrons. The smallest absolute Gasteiger partial charge is 0.252 e. The molecule has 0 atom stereocenters. The second-order valence-corrected chi connectivity index (χ2v) is 7.31. The van der Waals surface area contributed by atoms with E-state index in [1.807, 2.05) is 39.0 Å². The number of ether oxygens (including phenoxy) is 1. The van der Waals surface area contributed by atoms with Crippen molar-refractivity contribution in [3.05, 3.63) is 57.9 Å². The summed E-state index contributed by atoms with van der Waals surface area (Å²) >= 11 is 1.53. The predicted molar refractivity (Wildman–Crippen MR) is 107 cm³/mol. The number of hydrogen-bond donors (Lipinski definition) is 0. The first-order valence-electron chi connectivity index (χ1n) is 8.91. The van der Waals surface area contributed by atoms with Crippen molar-refractivity contribution in [3.63, 3.8) is 0 Å². The lowest BCUT2D eigenvalue weighted by atomic mass is 10.0. The summed E-state index contributed by atoms with van der Waals surface area (Å²) in [6.07, 6.45) is 0.329. The van der Waals surface area contributed by atoms with Gasteiger partial charge in [-0.05, 0) is 57.0 Å². The van der Waals surface area contributed by atoms with E-state index in [1.165, 1.54) is 11.3 Å². The van der Waals surface area contributed by atoms with Gasteiger partial charge in [-0.1, -0.05) is 35.1 Å². The number of carbonyl (C=O) groups excluding carboxylic acids is 1. The first-order valence-corrected chi connectivity index (χ1v) is 9.73. The lowest BCUT2D eigenvalue weighted by Crippen LogP contribution is -2.16. The molecule has 0 aliphatic heterocycles. The summed E-state index contributed by atoms with van der Waals surface area (Å²) in [5, 5.41) is 0. The Morgan fingerprint density at radius 2 is 1.96 bits per heavy atom. The molecule has 2 aromatic carbocycles. The molecular formula is C21H24N2O2S. The number of hydrogen-bond acceptors (Lipinski definition) is 3. The van der Waals surface area contributed by atoms with Crippen LogP contribution in [0.25, 0.3) is 10.2 Å². The van der Waals surface area contributed by atoms with Crippen LogP contribution in [-0.4, -0.2) is 17.1 Å². The molecule has 1 aromatic heterocycles. The first kappa shape index (κ1) is 18.4. The van der Waals surface area contributed by atoms with Gasteiger partial charge in [-0.25, -0.2) is 0 Å². The van der Waals surface area contributed by atoms with Gasteiger partial charge in [-0.3, -0.25) is 4.79 Å². The molecule has 0 saturated heterocycles. The number of nitrogens with zero attached hydrogens (tertiary/aromatic N) is 2. The van der Waals surface area contributed by atoms with Crippen LogP contribution in [0.1, 0.15) is 30.5 Å². The van der Waals surface area contributed by atoms with Crippen LogP contribution >= 0.6 is 11.3 Å². The summed E-state index contributed by atoms with van der Waals surface area (Å²) in [6.45, 7) is 9.51. The monoisotopic (exact) mass is 368 g/mol. The Labute approximate surface area is 157 Å². The third-order valence-electron chi connectivity index (χ3n) is 4.35. The number of rotatable bonds is 5. The highest BCUT2D eigenvalue weighted by Gasteiger charge is 2.10. The second-order valence-electron chi connectivity index (χ2n) is 6.30. The zero-order valence-electron chi connectivity index (χ0n) is 15.7. The quantitative estimate of drug-likeness (QED) is 0.669. The molecule has 0 unspecified atom stereocenters. The first-order chi connectivity index (χ1) is 12.5. The molecule has 26 heavy (non-hydrogen) atoms. The van der Waals surface area contributed by atoms with Gasteiger partial charge in [0, 0.05) is 6.54 Å². The van der Waals surface area contributed by atoms with E-state index in [0.29, 0.717) is 13.0 Å². The Morgan fingerprint density at radius 1 is 1.15 bits per heavy atom. The lowest BCUT2D eigenvalue weighted by Gasteiger charge is -2.05. The van der Waals surface area contributed by atoms with Crippen molar-refractivity contribution in [3.8, 4) is 5.75 Å². The minimum atomic E-state index is -0.113. The number of aryl methyl sites for hydroxylation is 3. The maximum Gasteiger partial charge on any atom is 0.252 e. The van der Waals surface area contributed by atoms with E-state index in [2.05, 4.69) is 34.7 Å². The largest absolute Gasteiger partial charge is 0.494 e. The summed E-state index contributed by atoms with van der Waals surface area (Å²) in [7, 11) is 0. The summed E-state index contributed by atoms with van der Waals surface area (Å²) in [5.74, 6) is 0.732. The molecule has 0 aliphatic carbocycles. The average molecular weight is 369 g/mol. The molecule has 136 valence electrons. The van der Waals surface area contributed by atoms with Gasteiger partial charge in [0.1, 0.15) is 5.75 Å². The summed E-state index contributed by atoms with van der Waals surface area (Å²) < 4.78 is 8.74. The van der Waals surface area contributed by atoms with Gasteiger partial charge in [0.2, 0.25) is 0 Å². The van der Waals surface area contributed by atoms with Gasteiger partial charge >= 0.3 is 0 Å². The predicted octanol–water partition coefficient (Wildman–Crippen LogP) is 4.41. The van der Waals surface area contributed by atoms with Crippen LogP contribution in [0.3, 0.4) is 0 Å². The van der Waals surface area contributed by atoms with Crippen molar-refractivity contribution >= 4 is 27.5 Å². The third kappa shape index (κ3) is 3.88. The molecule has 5 heteroatoms. The van der Waals surface area contributed by atoms with Gasteiger partial charge in [0.15, 0.2) is 4.80 Å². The number of aromatic nitrogens is 1. The normalized spacial score (nSPS) is 11.9. The Balaban J connectivity index is 1.97. The highest BCUT2D eigenvalue weighted by atomic mass is 32.1. The Kier molecular flexibility index (Phi) is 5.57. The highest BCUT2D eigenvalue weighted by molar-refractivity contribution is 7.16. The standard InChI is InChI=1S/C21H24N2O2S/c1-5-23-18-10-9-17(25-6-2)13-19(18)26-21(23)22-20(24)12-16-11-14(3)7-8-15(16)4/h7-11,13H,5-6,12H2,1-4H3. The molecule has 0 bridgehead atoms. The number of amides is 1. The van der Waals surface area contributed by atoms with E-state index in [0.717, 1.165) is 44.0 Å². The van der Waals surface area contributed by atoms with Crippen molar-refractivity contribution < 1.29 is 9.53 Å². The topological polar surface area (TPSA) is 43.6 Å². The Bertz CT molecular complexity index is 1010. The minimum absolute atomic E-state index is 0.113. The third-order valence-corrected chi connectivity index (χ3v) is 5.39. The van der Waals surface area contributed by atoms with Crippen molar-refractivity contribution in [1.29, 1.82) is 0 Å². The SMILES string of the molecule is CCOc1ccc2c(c1)sc(=NC(=O)Cc1cc(C)ccc1C)n2CC. The number of fused-ring (bicyclic) bond motifs is 1. The van der Waals surface area contributed by atoms with Crippen LogP contribution < -0.4 is 9.54 Å². The van der Waals surface area contributed by atoms with E-state index in [1.54, 1.807) is 0 Å². The van der Waals surface area contributed by atoms with Crippen LogP contribution in [0, 0.1) is 13.8 Å². The highest BCUT2D eigenvalue weighted by Crippen LogP contribution is 2.23. The molecular weight excluding hydrogens is 344 g/mol. The summed E-state index contributed by atoms with van der Waals surface area (Å²) in [5.41, 5.74) is 4.41. The average Bonchev–Trinajstić information content (AvgIpc) is 2.94. The van der Waals surface area contributed by atoms with Gasteiger partial charge in [0.25, 0.3) is 5.91 Å². The second kappa shape index (κ2) is 7.87. The number of benzene rings is 2. The van der Waals surface area contributed by atoms with Crippen LogP contribution in [0.5, 0.6) is 5.75 Å². The Morgan fingerprint density at radius 3 is 2.69 bits per heavy atom. The van der Waals surface area contributed by atoms with Gasteiger partial charge in [-0.2, -0.15) is 4.99 Å². The maximum absolute atomic E-state index is 12.6. The van der Waals surface area contributed by atoms with E-state index in [-0.39, 0.29) is 5.91 Å². The van der Waals surface area contributed by atoms with Crippen LogP contribution in [0.4, 0.5) is 0 Å². The molecule has 3 aromatic rings. The van der Waals surface area contributed by atoms with E-state index < -0.39 is 0 Å². The van der Waals surface area contributed by atoms with Crippen molar-refractivity contribution in [2.75, 3.05) is 6.61 Å². The zero-order valence-corrected chi connectivity index (χ0v) is 16.5. The molecule has 1 amide bonds. The van der Waals surface area contributed by atoms with Crippen LogP contribution in [0.15, 0.2) is 41.4 Å². The van der Waals surface area contributed by atoms with E-state index in [4.69, 9.17) is 4.74 Å². The van der Waals surface area contributed by atoms with E-state index in [9.17, 15) is 4.79 Å². The molecule has 4 nitrogen and oxygen atoms in total. The molecule has 1 heterocycles. The fourth-order valence-corrected chi connectivity index (χ4v) is 4.14. The fourth-order valence-electron chi connectivity index (χ4n) is 3.00. The molecule has 0 saturated carbocycles. The number of carbonyl (C=O) groups is 1. The van der Waals surface area contributed by atoms with Crippen molar-refractivity contribution in [1.82, 2.24) is 4.57 Å². The van der Waals surface area contributed by atoms with Crippen molar-refractivity contribution in [2.24, 2.45) is 4.99 Å². The molecule has 0 spiro atoms. The number of thiazole rings is 1. The maximum atomic E-state index is 12.6. The van der Waals surface area contributed by atoms with E-state index >= 15 is 0 Å². The molecule has 0 N–H and O–H groups in total. The molecule has 0 aliphatic rings. The van der Waals surface area contributed by atoms with Gasteiger partial charge in [0.05, 0.1) is 23.2 Å². The van der Waals surface area contributed by atoms with Crippen LogP contribution in [-0.2, 0) is 17.8 Å². The Hall–Kier alpha value is -2.40. The fraction of sp³-hybridized carbons (Fsp3) is 0.333. The van der Waals surface area contributed by atoms with Crippen LogP contribution in [0.2, 0.25) is 0 Å². The molecule has 3 rings (SSSR count). The van der Waals surface area contributed by atoms with Crippen molar-refractivity contribution in [2.45, 2.75) is 40.7 Å². The molecule has 0 fully saturated rings. The van der Waals surface area contributed by atoms with Gasteiger partial charge < -0.3 is 9.30 Å². The van der Waals surface area contributed by atoms with Gasteiger partial charge in [-0.15, -0.1) is 0 Å². The summed E-state index contributed by atoms with van der Waals surface area (Å²) in [6, 6.07) is 12.2. The minimum Gasteiger partial charge on any atom is -0.494 e. The lowest BCUT2D eigenvalue weighted by molar-refractivity contribution is -0.117.